The largest absolute Gasteiger partial charge is 0.396 e. The molecule has 1 saturated heterocycles. The molecule has 2 atom stereocenters. The van der Waals surface area contributed by atoms with Crippen LogP contribution in [0.4, 0.5) is 10.6 Å². The van der Waals surface area contributed by atoms with Crippen LogP contribution >= 0.6 is 0 Å². The first kappa shape index (κ1) is 18.0. The summed E-state index contributed by atoms with van der Waals surface area (Å²) >= 11 is 0. The number of aliphatic hydroxyl groups excluding tert-OH is 1. The molecular weight excluding hydrogens is 316 g/mol. The highest BCUT2D eigenvalue weighted by molar-refractivity contribution is 5.74. The van der Waals surface area contributed by atoms with Gasteiger partial charge in [0, 0.05) is 36.3 Å². The molecule has 2 heterocycles. The maximum atomic E-state index is 12.3. The quantitative estimate of drug-likeness (QED) is 0.781. The fraction of sp³-hybridized carbons (Fsp3) is 0.684. The summed E-state index contributed by atoms with van der Waals surface area (Å²) in [6, 6.07) is 6.25. The van der Waals surface area contributed by atoms with Gasteiger partial charge in [-0.25, -0.2) is 9.78 Å². The van der Waals surface area contributed by atoms with Gasteiger partial charge in [0.1, 0.15) is 5.82 Å². The van der Waals surface area contributed by atoms with Crippen molar-refractivity contribution < 1.29 is 9.90 Å². The first-order valence-electron chi connectivity index (χ1n) is 9.37. The van der Waals surface area contributed by atoms with Gasteiger partial charge in [-0.2, -0.15) is 0 Å². The van der Waals surface area contributed by atoms with Crippen molar-refractivity contribution in [3.05, 3.63) is 23.9 Å². The Morgan fingerprint density at radius 3 is 2.76 bits per heavy atom. The average molecular weight is 346 g/mol. The predicted molar refractivity (Wildman–Crippen MR) is 98.7 cm³/mol. The maximum absolute atomic E-state index is 12.3. The lowest BCUT2D eigenvalue weighted by atomic mass is 9.86. The number of nitrogens with zero attached hydrogens (tertiary/aromatic N) is 2. The van der Waals surface area contributed by atoms with Crippen LogP contribution in [0, 0.1) is 12.3 Å². The van der Waals surface area contributed by atoms with Crippen LogP contribution in [0.15, 0.2) is 18.2 Å². The molecule has 2 aliphatic rings. The number of rotatable bonds is 4. The van der Waals surface area contributed by atoms with Gasteiger partial charge in [-0.1, -0.05) is 19.4 Å². The molecule has 1 aromatic rings. The topological polar surface area (TPSA) is 77.5 Å². The molecule has 1 aliphatic carbocycles. The van der Waals surface area contributed by atoms with Crippen LogP contribution in [0.2, 0.25) is 0 Å². The van der Waals surface area contributed by atoms with E-state index < -0.39 is 0 Å². The zero-order valence-corrected chi connectivity index (χ0v) is 15.3. The van der Waals surface area contributed by atoms with Crippen molar-refractivity contribution in [2.75, 3.05) is 24.6 Å². The first-order valence-corrected chi connectivity index (χ1v) is 9.37. The zero-order valence-electron chi connectivity index (χ0n) is 15.3. The van der Waals surface area contributed by atoms with Crippen LogP contribution in [0.1, 0.15) is 44.7 Å². The van der Waals surface area contributed by atoms with E-state index in [2.05, 4.69) is 27.4 Å². The first-order chi connectivity index (χ1) is 12.0. The Morgan fingerprint density at radius 2 is 2.08 bits per heavy atom. The molecule has 3 rings (SSSR count). The van der Waals surface area contributed by atoms with E-state index in [1.54, 1.807) is 0 Å². The molecule has 0 spiro atoms. The average Bonchev–Trinajstić information content (AvgIpc) is 2.97. The summed E-state index contributed by atoms with van der Waals surface area (Å²) in [6.45, 7) is 5.99. The highest BCUT2D eigenvalue weighted by Crippen LogP contribution is 2.37. The lowest BCUT2D eigenvalue weighted by molar-refractivity contribution is 0.120. The fourth-order valence-corrected chi connectivity index (χ4v) is 4.01. The number of pyridine rings is 1. The highest BCUT2D eigenvalue weighted by Gasteiger charge is 2.39. The number of aryl methyl sites for hydroxylation is 1. The number of nitrogens with one attached hydrogen (secondary N) is 2. The van der Waals surface area contributed by atoms with Gasteiger partial charge in [0.25, 0.3) is 0 Å². The van der Waals surface area contributed by atoms with Crippen LogP contribution in [-0.2, 0) is 0 Å². The molecule has 0 aromatic carbocycles. The van der Waals surface area contributed by atoms with Crippen LogP contribution in [0.3, 0.4) is 0 Å². The molecule has 2 amide bonds. The molecule has 1 aliphatic heterocycles. The molecule has 0 bridgehead atoms. The summed E-state index contributed by atoms with van der Waals surface area (Å²) in [5, 5.41) is 15.8. The molecule has 3 N–H and O–H groups in total. The number of hydrogen-bond acceptors (Lipinski definition) is 4. The number of anilines is 1. The summed E-state index contributed by atoms with van der Waals surface area (Å²) in [5.74, 6) is 1.02. The molecule has 6 nitrogen and oxygen atoms in total. The van der Waals surface area contributed by atoms with E-state index >= 15 is 0 Å². The number of urea groups is 1. The zero-order chi connectivity index (χ0) is 17.9. The van der Waals surface area contributed by atoms with Gasteiger partial charge in [0.05, 0.1) is 6.61 Å². The Kier molecular flexibility index (Phi) is 5.47. The van der Waals surface area contributed by atoms with Crippen LogP contribution in [-0.4, -0.2) is 47.9 Å². The molecule has 6 heteroatoms. The minimum atomic E-state index is -0.183. The summed E-state index contributed by atoms with van der Waals surface area (Å²) in [6.07, 6.45) is 4.82. The molecule has 25 heavy (non-hydrogen) atoms. The van der Waals surface area contributed by atoms with E-state index in [0.29, 0.717) is 0 Å². The van der Waals surface area contributed by atoms with E-state index in [9.17, 15) is 9.90 Å². The third kappa shape index (κ3) is 4.24. The predicted octanol–water partition coefficient (Wildman–Crippen LogP) is 2.21. The molecule has 1 aromatic heterocycles. The smallest absolute Gasteiger partial charge is 0.315 e. The van der Waals surface area contributed by atoms with Crippen LogP contribution in [0.25, 0.3) is 0 Å². The summed E-state index contributed by atoms with van der Waals surface area (Å²) in [4.78, 5) is 19.2. The van der Waals surface area contributed by atoms with E-state index in [0.717, 1.165) is 56.7 Å². The number of aromatic nitrogens is 1. The van der Waals surface area contributed by atoms with Gasteiger partial charge in [0.15, 0.2) is 0 Å². The monoisotopic (exact) mass is 346 g/mol. The second-order valence-corrected chi connectivity index (χ2v) is 7.77. The van der Waals surface area contributed by atoms with E-state index in [1.807, 2.05) is 25.1 Å². The van der Waals surface area contributed by atoms with Gasteiger partial charge >= 0.3 is 6.03 Å². The molecule has 2 fully saturated rings. The van der Waals surface area contributed by atoms with Crippen molar-refractivity contribution in [3.63, 3.8) is 0 Å². The molecule has 138 valence electrons. The highest BCUT2D eigenvalue weighted by atomic mass is 16.3. The fourth-order valence-electron chi connectivity index (χ4n) is 4.01. The summed E-state index contributed by atoms with van der Waals surface area (Å²) in [7, 11) is 0. The number of hydrogen-bond donors (Lipinski definition) is 3. The lowest BCUT2D eigenvalue weighted by Gasteiger charge is -2.34. The minimum Gasteiger partial charge on any atom is -0.396 e. The van der Waals surface area contributed by atoms with Crippen molar-refractivity contribution in [2.24, 2.45) is 5.41 Å². The van der Waals surface area contributed by atoms with E-state index in [-0.39, 0.29) is 30.1 Å². The second-order valence-electron chi connectivity index (χ2n) is 7.77. The van der Waals surface area contributed by atoms with E-state index in [1.165, 1.54) is 0 Å². The Morgan fingerprint density at radius 1 is 1.32 bits per heavy atom. The third-order valence-electron chi connectivity index (χ3n) is 5.78. The van der Waals surface area contributed by atoms with Crippen LogP contribution < -0.4 is 15.5 Å². The Labute approximate surface area is 150 Å². The van der Waals surface area contributed by atoms with Gasteiger partial charge in [0.2, 0.25) is 0 Å². The minimum absolute atomic E-state index is 0.0640. The van der Waals surface area contributed by atoms with Crippen molar-refractivity contribution in [3.8, 4) is 0 Å². The number of carbonyl (C=O) groups is 1. The molecule has 0 radical (unpaired) electrons. The lowest BCUT2D eigenvalue weighted by Crippen LogP contribution is -2.53. The Hall–Kier alpha value is -1.82. The SMILES string of the molecule is Cc1cccc(N2CCC(NC(=O)NC3CCCC3(C)CO)CC2)n1. The molecular formula is C19H30N4O2. The number of piperidine rings is 1. The number of aliphatic hydroxyl groups is 1. The summed E-state index contributed by atoms with van der Waals surface area (Å²) in [5.41, 5.74) is 0.845. The second kappa shape index (κ2) is 7.60. The number of carbonyl (C=O) groups excluding carboxylic acids is 1. The van der Waals surface area contributed by atoms with Gasteiger partial charge < -0.3 is 20.6 Å². The number of amides is 2. The van der Waals surface area contributed by atoms with Crippen LogP contribution in [0.5, 0.6) is 0 Å². The maximum Gasteiger partial charge on any atom is 0.315 e. The standard InChI is InChI=1S/C19H30N4O2/c1-14-5-3-7-17(20-14)23-11-8-15(9-12-23)21-18(25)22-16-6-4-10-19(16,2)13-24/h3,5,7,15-16,24H,4,6,8-13H2,1-2H3,(H2,21,22,25). The summed E-state index contributed by atoms with van der Waals surface area (Å²) < 4.78 is 0. The Balaban J connectivity index is 1.46. The Bertz CT molecular complexity index is 601. The normalized spacial score (nSPS) is 27.3. The third-order valence-corrected chi connectivity index (χ3v) is 5.78. The van der Waals surface area contributed by atoms with Gasteiger partial charge in [-0.05, 0) is 44.7 Å². The van der Waals surface area contributed by atoms with E-state index in [4.69, 9.17) is 0 Å². The van der Waals surface area contributed by atoms with Crippen molar-refractivity contribution in [1.82, 2.24) is 15.6 Å². The molecule has 2 unspecified atom stereocenters. The van der Waals surface area contributed by atoms with Crippen molar-refractivity contribution in [2.45, 2.75) is 58.0 Å². The van der Waals surface area contributed by atoms with Crippen molar-refractivity contribution >= 4 is 11.8 Å². The molecule has 1 saturated carbocycles. The van der Waals surface area contributed by atoms with Gasteiger partial charge in [-0.3, -0.25) is 0 Å². The van der Waals surface area contributed by atoms with Gasteiger partial charge in [-0.15, -0.1) is 0 Å². The van der Waals surface area contributed by atoms with Crippen molar-refractivity contribution in [1.29, 1.82) is 0 Å².